The zero-order valence-corrected chi connectivity index (χ0v) is 15.7. The average Bonchev–Trinajstić information content (AvgIpc) is 3.33. The fourth-order valence-electron chi connectivity index (χ4n) is 4.54. The standard InChI is InChI=1S/C23H26N2O2/c1-23-14-8-7-12-19(23)21(23)22(26)25-24-15-18-11-5-6-13-20(18)27-16-17-9-3-2-4-10-17/h2-6,9-11,13,15,19,21H,7-8,12,14,16H2,1H3,(H,25,26)/b24-15-/t19-,21-,23-/m0/s1. The number of carbonyl (C=O) groups excluding carboxylic acids is 1. The molecule has 0 unspecified atom stereocenters. The van der Waals surface area contributed by atoms with Crippen molar-refractivity contribution in [3.8, 4) is 5.75 Å². The van der Waals surface area contributed by atoms with Crippen LogP contribution >= 0.6 is 0 Å². The van der Waals surface area contributed by atoms with Crippen molar-refractivity contribution in [2.45, 2.75) is 39.2 Å². The predicted molar refractivity (Wildman–Crippen MR) is 107 cm³/mol. The van der Waals surface area contributed by atoms with Crippen LogP contribution in [0, 0.1) is 17.3 Å². The maximum absolute atomic E-state index is 12.5. The molecule has 1 N–H and O–H groups in total. The zero-order valence-electron chi connectivity index (χ0n) is 15.7. The molecule has 0 aromatic heterocycles. The van der Waals surface area contributed by atoms with E-state index >= 15 is 0 Å². The normalized spacial score (nSPS) is 26.4. The largest absolute Gasteiger partial charge is 0.488 e. The van der Waals surface area contributed by atoms with Crippen molar-refractivity contribution in [3.63, 3.8) is 0 Å². The number of hydrogen-bond donors (Lipinski definition) is 1. The van der Waals surface area contributed by atoms with Gasteiger partial charge in [-0.2, -0.15) is 5.10 Å². The van der Waals surface area contributed by atoms with Crippen molar-refractivity contribution in [3.05, 3.63) is 65.7 Å². The number of carbonyl (C=O) groups is 1. The molecule has 0 heterocycles. The molecule has 2 fully saturated rings. The number of para-hydroxylation sites is 1. The minimum Gasteiger partial charge on any atom is -0.488 e. The Balaban J connectivity index is 1.36. The van der Waals surface area contributed by atoms with Gasteiger partial charge in [-0.1, -0.05) is 62.2 Å². The molecule has 2 aliphatic carbocycles. The molecule has 0 radical (unpaired) electrons. The highest BCUT2D eigenvalue weighted by Gasteiger charge is 2.64. The number of nitrogens with zero attached hydrogens (tertiary/aromatic N) is 1. The van der Waals surface area contributed by atoms with Crippen LogP contribution in [0.2, 0.25) is 0 Å². The molecular weight excluding hydrogens is 336 g/mol. The van der Waals surface area contributed by atoms with Gasteiger partial charge in [-0.25, -0.2) is 5.43 Å². The molecule has 4 heteroatoms. The molecule has 3 atom stereocenters. The number of benzene rings is 2. The van der Waals surface area contributed by atoms with Gasteiger partial charge in [-0.05, 0) is 41.9 Å². The van der Waals surface area contributed by atoms with E-state index in [0.29, 0.717) is 12.5 Å². The third-order valence-electron chi connectivity index (χ3n) is 6.15. The van der Waals surface area contributed by atoms with Gasteiger partial charge in [0, 0.05) is 11.5 Å². The molecule has 27 heavy (non-hydrogen) atoms. The second-order valence-electron chi connectivity index (χ2n) is 7.88. The van der Waals surface area contributed by atoms with Crippen molar-refractivity contribution >= 4 is 12.1 Å². The quantitative estimate of drug-likeness (QED) is 0.606. The van der Waals surface area contributed by atoms with Crippen LogP contribution in [0.15, 0.2) is 59.7 Å². The molecule has 2 aromatic rings. The summed E-state index contributed by atoms with van der Waals surface area (Å²) in [5, 5.41) is 4.20. The number of hydrogen-bond acceptors (Lipinski definition) is 3. The zero-order chi connectivity index (χ0) is 18.7. The summed E-state index contributed by atoms with van der Waals surface area (Å²) in [5.41, 5.74) is 4.92. The summed E-state index contributed by atoms with van der Waals surface area (Å²) in [6.45, 7) is 2.75. The number of fused-ring (bicyclic) bond motifs is 1. The average molecular weight is 362 g/mol. The molecule has 2 saturated carbocycles. The van der Waals surface area contributed by atoms with E-state index in [1.54, 1.807) is 6.21 Å². The number of ether oxygens (including phenoxy) is 1. The monoisotopic (exact) mass is 362 g/mol. The first-order valence-corrected chi connectivity index (χ1v) is 9.77. The molecule has 1 amide bonds. The summed E-state index contributed by atoms with van der Waals surface area (Å²) in [6, 6.07) is 17.8. The van der Waals surface area contributed by atoms with E-state index in [4.69, 9.17) is 4.74 Å². The van der Waals surface area contributed by atoms with Gasteiger partial charge in [0.25, 0.3) is 0 Å². The van der Waals surface area contributed by atoms with Gasteiger partial charge in [0.05, 0.1) is 6.21 Å². The maximum Gasteiger partial charge on any atom is 0.244 e. The van der Waals surface area contributed by atoms with E-state index in [-0.39, 0.29) is 17.2 Å². The van der Waals surface area contributed by atoms with E-state index in [1.807, 2.05) is 54.6 Å². The topological polar surface area (TPSA) is 50.7 Å². The molecule has 0 spiro atoms. The first-order chi connectivity index (χ1) is 13.2. The van der Waals surface area contributed by atoms with E-state index in [1.165, 1.54) is 19.3 Å². The van der Waals surface area contributed by atoms with Gasteiger partial charge < -0.3 is 4.74 Å². The second kappa shape index (κ2) is 7.55. The van der Waals surface area contributed by atoms with Gasteiger partial charge in [0.1, 0.15) is 12.4 Å². The van der Waals surface area contributed by atoms with Crippen LogP contribution in [0.3, 0.4) is 0 Å². The van der Waals surface area contributed by atoms with Gasteiger partial charge in [-0.15, -0.1) is 0 Å². The lowest BCUT2D eigenvalue weighted by Crippen LogP contribution is -2.22. The van der Waals surface area contributed by atoms with E-state index in [0.717, 1.165) is 23.3 Å². The minimum absolute atomic E-state index is 0.0586. The van der Waals surface area contributed by atoms with Crippen molar-refractivity contribution in [1.82, 2.24) is 5.43 Å². The summed E-state index contributed by atoms with van der Waals surface area (Å²) in [4.78, 5) is 12.5. The van der Waals surface area contributed by atoms with E-state index in [9.17, 15) is 4.79 Å². The minimum atomic E-state index is 0.0586. The Morgan fingerprint density at radius 2 is 1.96 bits per heavy atom. The smallest absolute Gasteiger partial charge is 0.244 e. The lowest BCUT2D eigenvalue weighted by molar-refractivity contribution is -0.123. The molecule has 0 aliphatic heterocycles. The maximum atomic E-state index is 12.5. The Kier molecular flexibility index (Phi) is 4.97. The summed E-state index contributed by atoms with van der Waals surface area (Å²) >= 11 is 0. The summed E-state index contributed by atoms with van der Waals surface area (Å²) in [5.74, 6) is 1.49. The molecule has 4 nitrogen and oxygen atoms in total. The number of hydrazone groups is 1. The van der Waals surface area contributed by atoms with Crippen molar-refractivity contribution < 1.29 is 9.53 Å². The number of nitrogens with one attached hydrogen (secondary N) is 1. The molecule has 2 aliphatic rings. The van der Waals surface area contributed by atoms with Crippen LogP contribution < -0.4 is 10.2 Å². The highest BCUT2D eigenvalue weighted by molar-refractivity contribution is 5.87. The molecular formula is C23H26N2O2. The van der Waals surface area contributed by atoms with Crippen LogP contribution in [0.1, 0.15) is 43.7 Å². The molecule has 2 aromatic carbocycles. The molecule has 4 rings (SSSR count). The van der Waals surface area contributed by atoms with Gasteiger partial charge >= 0.3 is 0 Å². The third-order valence-corrected chi connectivity index (χ3v) is 6.15. The highest BCUT2D eigenvalue weighted by Crippen LogP contribution is 2.66. The lowest BCUT2D eigenvalue weighted by Gasteiger charge is -2.15. The van der Waals surface area contributed by atoms with E-state index < -0.39 is 0 Å². The highest BCUT2D eigenvalue weighted by atomic mass is 16.5. The summed E-state index contributed by atoms with van der Waals surface area (Å²) in [7, 11) is 0. The Hall–Kier alpha value is -2.62. The van der Waals surface area contributed by atoms with E-state index in [2.05, 4.69) is 17.5 Å². The van der Waals surface area contributed by atoms with Crippen LogP contribution in [0.25, 0.3) is 0 Å². The Morgan fingerprint density at radius 1 is 1.19 bits per heavy atom. The van der Waals surface area contributed by atoms with Crippen molar-refractivity contribution in [2.75, 3.05) is 0 Å². The Bertz CT molecular complexity index is 833. The SMILES string of the molecule is C[C@]12CCCC[C@H]1[C@H]2C(=O)N/N=C\c1ccccc1OCc1ccccc1. The van der Waals surface area contributed by atoms with Crippen molar-refractivity contribution in [1.29, 1.82) is 0 Å². The first-order valence-electron chi connectivity index (χ1n) is 9.77. The fourth-order valence-corrected chi connectivity index (χ4v) is 4.54. The molecule has 140 valence electrons. The molecule has 0 bridgehead atoms. The van der Waals surface area contributed by atoms with Crippen LogP contribution in [0.5, 0.6) is 5.75 Å². The Labute approximate surface area is 160 Å². The van der Waals surface area contributed by atoms with Gasteiger partial charge in [0.15, 0.2) is 0 Å². The number of amides is 1. The van der Waals surface area contributed by atoms with Crippen LogP contribution in [-0.4, -0.2) is 12.1 Å². The fraction of sp³-hybridized carbons (Fsp3) is 0.391. The first kappa shape index (κ1) is 17.8. The number of rotatable bonds is 6. The predicted octanol–water partition coefficient (Wildman–Crippen LogP) is 4.54. The summed E-state index contributed by atoms with van der Waals surface area (Å²) in [6.07, 6.45) is 6.50. The second-order valence-corrected chi connectivity index (χ2v) is 7.88. The lowest BCUT2D eigenvalue weighted by atomic mass is 9.90. The van der Waals surface area contributed by atoms with Crippen molar-refractivity contribution in [2.24, 2.45) is 22.4 Å². The van der Waals surface area contributed by atoms with Gasteiger partial charge in [-0.3, -0.25) is 4.79 Å². The Morgan fingerprint density at radius 3 is 2.74 bits per heavy atom. The van der Waals surface area contributed by atoms with Crippen LogP contribution in [0.4, 0.5) is 0 Å². The summed E-state index contributed by atoms with van der Waals surface area (Å²) < 4.78 is 5.93. The van der Waals surface area contributed by atoms with Crippen LogP contribution in [-0.2, 0) is 11.4 Å². The third kappa shape index (κ3) is 3.75. The molecule has 0 saturated heterocycles. The van der Waals surface area contributed by atoms with Gasteiger partial charge in [0.2, 0.25) is 5.91 Å².